The molecule has 0 aliphatic carbocycles. The Bertz CT molecular complexity index is 682. The number of hydrogen-bond donors (Lipinski definition) is 1. The standard InChI is InChI=1S/C19H25BrN2O4/c1-12-8-13(2)11-22(10-12)19(25)15-9-14(20)4-5-16(15)21-17(23)6-7-18(24)26-3/h4-5,9,12-13H,6-8,10-11H2,1-3H3,(H,21,23)/t12-,13+. The summed E-state index contributed by atoms with van der Waals surface area (Å²) >= 11 is 3.39. The van der Waals surface area contributed by atoms with E-state index in [1.54, 1.807) is 18.2 Å². The zero-order valence-electron chi connectivity index (χ0n) is 15.4. The van der Waals surface area contributed by atoms with E-state index >= 15 is 0 Å². The van der Waals surface area contributed by atoms with Crippen molar-refractivity contribution < 1.29 is 19.1 Å². The van der Waals surface area contributed by atoms with Crippen LogP contribution < -0.4 is 5.32 Å². The van der Waals surface area contributed by atoms with Crippen molar-refractivity contribution in [2.75, 3.05) is 25.5 Å². The molecule has 7 heteroatoms. The Kier molecular flexibility index (Phi) is 7.20. The molecule has 1 aromatic rings. The molecule has 0 unspecified atom stereocenters. The molecule has 2 rings (SSSR count). The molecule has 1 saturated heterocycles. The van der Waals surface area contributed by atoms with Crippen LogP contribution in [0.15, 0.2) is 22.7 Å². The van der Waals surface area contributed by atoms with Gasteiger partial charge in [0.25, 0.3) is 5.91 Å². The van der Waals surface area contributed by atoms with Gasteiger partial charge < -0.3 is 15.0 Å². The summed E-state index contributed by atoms with van der Waals surface area (Å²) < 4.78 is 5.31. The van der Waals surface area contributed by atoms with Crippen molar-refractivity contribution in [2.24, 2.45) is 11.8 Å². The number of halogens is 1. The highest BCUT2D eigenvalue weighted by Gasteiger charge is 2.27. The van der Waals surface area contributed by atoms with Gasteiger partial charge in [0.05, 0.1) is 24.8 Å². The smallest absolute Gasteiger partial charge is 0.306 e. The number of nitrogens with one attached hydrogen (secondary N) is 1. The maximum atomic E-state index is 13.0. The van der Waals surface area contributed by atoms with Crippen molar-refractivity contribution in [1.82, 2.24) is 4.90 Å². The van der Waals surface area contributed by atoms with E-state index in [4.69, 9.17) is 0 Å². The van der Waals surface area contributed by atoms with Crippen LogP contribution in [0.1, 0.15) is 43.5 Å². The Morgan fingerprint density at radius 3 is 2.46 bits per heavy atom. The first kappa shape index (κ1) is 20.4. The Hall–Kier alpha value is -1.89. The number of methoxy groups -OCH3 is 1. The molecule has 0 spiro atoms. The minimum atomic E-state index is -0.441. The van der Waals surface area contributed by atoms with Gasteiger partial charge in [0, 0.05) is 24.0 Å². The van der Waals surface area contributed by atoms with Crippen LogP contribution in [-0.2, 0) is 14.3 Å². The second-order valence-electron chi connectivity index (χ2n) is 6.97. The summed E-state index contributed by atoms with van der Waals surface area (Å²) in [6.07, 6.45) is 1.12. The van der Waals surface area contributed by atoms with Crippen LogP contribution in [0.5, 0.6) is 0 Å². The second-order valence-corrected chi connectivity index (χ2v) is 7.89. The molecule has 1 aliphatic heterocycles. The Morgan fingerprint density at radius 2 is 1.85 bits per heavy atom. The monoisotopic (exact) mass is 424 g/mol. The molecular formula is C19H25BrN2O4. The van der Waals surface area contributed by atoms with Gasteiger partial charge in [-0.25, -0.2) is 0 Å². The third-order valence-corrected chi connectivity index (χ3v) is 4.92. The molecule has 2 atom stereocenters. The van der Waals surface area contributed by atoms with E-state index in [1.807, 2.05) is 4.90 Å². The highest BCUT2D eigenvalue weighted by molar-refractivity contribution is 9.10. The van der Waals surface area contributed by atoms with Gasteiger partial charge in [0.1, 0.15) is 0 Å². The zero-order chi connectivity index (χ0) is 19.3. The second kappa shape index (κ2) is 9.16. The Labute approximate surface area is 162 Å². The molecule has 2 amide bonds. The molecule has 142 valence electrons. The number of likely N-dealkylation sites (tertiary alicyclic amines) is 1. The number of esters is 1. The van der Waals surface area contributed by atoms with Gasteiger partial charge >= 0.3 is 5.97 Å². The van der Waals surface area contributed by atoms with E-state index in [0.717, 1.165) is 10.9 Å². The highest BCUT2D eigenvalue weighted by atomic mass is 79.9. The van der Waals surface area contributed by atoms with Gasteiger partial charge in [-0.3, -0.25) is 14.4 Å². The lowest BCUT2D eigenvalue weighted by Crippen LogP contribution is -2.42. The maximum Gasteiger partial charge on any atom is 0.306 e. The summed E-state index contributed by atoms with van der Waals surface area (Å²) in [6, 6.07) is 5.19. The van der Waals surface area contributed by atoms with Gasteiger partial charge in [-0.2, -0.15) is 0 Å². The van der Waals surface area contributed by atoms with Gasteiger partial charge in [-0.05, 0) is 36.5 Å². The van der Waals surface area contributed by atoms with E-state index in [9.17, 15) is 14.4 Å². The zero-order valence-corrected chi connectivity index (χ0v) is 17.0. The lowest BCUT2D eigenvalue weighted by molar-refractivity contribution is -0.141. The van der Waals surface area contributed by atoms with E-state index in [2.05, 4.69) is 39.8 Å². The number of piperidine rings is 1. The van der Waals surface area contributed by atoms with Crippen LogP contribution in [0.2, 0.25) is 0 Å². The molecule has 0 bridgehead atoms. The van der Waals surface area contributed by atoms with Crippen molar-refractivity contribution in [2.45, 2.75) is 33.1 Å². The minimum absolute atomic E-state index is 0.00327. The quantitative estimate of drug-likeness (QED) is 0.734. The fourth-order valence-corrected chi connectivity index (χ4v) is 3.69. The number of hydrogen-bond acceptors (Lipinski definition) is 4. The third-order valence-electron chi connectivity index (χ3n) is 4.43. The first-order valence-electron chi connectivity index (χ1n) is 8.75. The van der Waals surface area contributed by atoms with Crippen LogP contribution in [0, 0.1) is 11.8 Å². The molecule has 0 saturated carbocycles. The fourth-order valence-electron chi connectivity index (χ4n) is 3.33. The molecule has 0 aromatic heterocycles. The van der Waals surface area contributed by atoms with Gasteiger partial charge in [-0.1, -0.05) is 29.8 Å². The summed E-state index contributed by atoms with van der Waals surface area (Å²) in [5.74, 6) is 0.0459. The average Bonchev–Trinajstić information content (AvgIpc) is 2.59. The summed E-state index contributed by atoms with van der Waals surface area (Å²) in [6.45, 7) is 5.72. The number of nitrogens with zero attached hydrogens (tertiary/aromatic N) is 1. The van der Waals surface area contributed by atoms with Crippen molar-refractivity contribution in [3.05, 3.63) is 28.2 Å². The summed E-state index contributed by atoms with van der Waals surface area (Å²) in [4.78, 5) is 38.2. The Balaban J connectivity index is 2.15. The predicted octanol–water partition coefficient (Wildman–Crippen LogP) is 3.46. The van der Waals surface area contributed by atoms with Gasteiger partial charge in [0.2, 0.25) is 5.91 Å². The van der Waals surface area contributed by atoms with Crippen molar-refractivity contribution in [1.29, 1.82) is 0 Å². The molecule has 1 aliphatic rings. The molecular weight excluding hydrogens is 400 g/mol. The number of carbonyl (C=O) groups excluding carboxylic acids is 3. The van der Waals surface area contributed by atoms with Crippen LogP contribution in [-0.4, -0.2) is 42.9 Å². The molecule has 0 radical (unpaired) electrons. The number of benzene rings is 1. The molecule has 6 nitrogen and oxygen atoms in total. The minimum Gasteiger partial charge on any atom is -0.469 e. The number of ether oxygens (including phenoxy) is 1. The van der Waals surface area contributed by atoms with Crippen molar-refractivity contribution in [3.63, 3.8) is 0 Å². The molecule has 26 heavy (non-hydrogen) atoms. The first-order valence-corrected chi connectivity index (χ1v) is 9.55. The first-order chi connectivity index (χ1) is 12.3. The average molecular weight is 425 g/mol. The molecule has 1 N–H and O–H groups in total. The van der Waals surface area contributed by atoms with Crippen LogP contribution in [0.4, 0.5) is 5.69 Å². The number of carbonyl (C=O) groups is 3. The topological polar surface area (TPSA) is 75.7 Å². The predicted molar refractivity (Wildman–Crippen MR) is 103 cm³/mol. The maximum absolute atomic E-state index is 13.0. The van der Waals surface area contributed by atoms with E-state index in [0.29, 0.717) is 36.2 Å². The van der Waals surface area contributed by atoms with E-state index in [-0.39, 0.29) is 24.7 Å². The van der Waals surface area contributed by atoms with Crippen LogP contribution in [0.3, 0.4) is 0 Å². The third kappa shape index (κ3) is 5.56. The Morgan fingerprint density at radius 1 is 1.19 bits per heavy atom. The summed E-state index contributed by atoms with van der Waals surface area (Å²) in [5.41, 5.74) is 0.908. The lowest BCUT2D eigenvalue weighted by Gasteiger charge is -2.35. The van der Waals surface area contributed by atoms with E-state index < -0.39 is 5.97 Å². The summed E-state index contributed by atoms with van der Waals surface area (Å²) in [5, 5.41) is 2.74. The highest BCUT2D eigenvalue weighted by Crippen LogP contribution is 2.27. The van der Waals surface area contributed by atoms with Crippen LogP contribution in [0.25, 0.3) is 0 Å². The number of rotatable bonds is 5. The summed E-state index contributed by atoms with van der Waals surface area (Å²) in [7, 11) is 1.28. The van der Waals surface area contributed by atoms with Crippen LogP contribution >= 0.6 is 15.9 Å². The normalized spacial score (nSPS) is 19.8. The van der Waals surface area contributed by atoms with Crippen molar-refractivity contribution in [3.8, 4) is 0 Å². The van der Waals surface area contributed by atoms with Crippen molar-refractivity contribution >= 4 is 39.4 Å². The lowest BCUT2D eigenvalue weighted by atomic mass is 9.91. The largest absolute Gasteiger partial charge is 0.469 e. The molecule has 1 fully saturated rings. The fraction of sp³-hybridized carbons (Fsp3) is 0.526. The number of anilines is 1. The van der Waals surface area contributed by atoms with Gasteiger partial charge in [-0.15, -0.1) is 0 Å². The SMILES string of the molecule is COC(=O)CCC(=O)Nc1ccc(Br)cc1C(=O)N1C[C@H](C)C[C@H](C)C1. The number of amides is 2. The van der Waals surface area contributed by atoms with E-state index in [1.165, 1.54) is 7.11 Å². The molecule has 1 aromatic carbocycles. The molecule has 1 heterocycles. The van der Waals surface area contributed by atoms with Gasteiger partial charge in [0.15, 0.2) is 0 Å².